The number of hydrogen-bond acceptors (Lipinski definition) is 6. The molecule has 144 valence electrons. The van der Waals surface area contributed by atoms with Crippen LogP contribution in [0.4, 0.5) is 5.69 Å². The van der Waals surface area contributed by atoms with Crippen molar-refractivity contribution in [1.82, 2.24) is 20.0 Å². The molecule has 0 saturated carbocycles. The molecule has 4 rings (SSSR count). The lowest BCUT2D eigenvalue weighted by Crippen LogP contribution is -2.27. The van der Waals surface area contributed by atoms with Crippen LogP contribution in [-0.4, -0.2) is 25.9 Å². The molecular formula is C20H14ClN5O3. The van der Waals surface area contributed by atoms with E-state index >= 15 is 0 Å². The summed E-state index contributed by atoms with van der Waals surface area (Å²) in [5.41, 5.74) is 1.47. The average molecular weight is 408 g/mol. The Bertz CT molecular complexity index is 1250. The maximum absolute atomic E-state index is 12.7. The standard InChI is InChI=1S/C20H14ClN5O3/c1-12-9-17(27)18(25-26(12)16-8-3-2-7-15(16)21)19(28)23-14-6-4-5-13(10-14)20-24-22-11-29-20/h2-11H,1H3,(H,23,28). The first-order valence-corrected chi connectivity index (χ1v) is 8.94. The number of hydrogen-bond donors (Lipinski definition) is 1. The fraction of sp³-hybridized carbons (Fsp3) is 0.0500. The predicted molar refractivity (Wildman–Crippen MR) is 107 cm³/mol. The van der Waals surface area contributed by atoms with Gasteiger partial charge in [-0.2, -0.15) is 5.10 Å². The summed E-state index contributed by atoms with van der Waals surface area (Å²) in [6, 6.07) is 15.2. The van der Waals surface area contributed by atoms with Gasteiger partial charge in [0, 0.05) is 23.0 Å². The van der Waals surface area contributed by atoms with Crippen LogP contribution in [0.25, 0.3) is 17.1 Å². The Hall–Kier alpha value is -3.78. The van der Waals surface area contributed by atoms with E-state index in [1.54, 1.807) is 55.5 Å². The molecule has 2 heterocycles. The van der Waals surface area contributed by atoms with Gasteiger partial charge >= 0.3 is 0 Å². The number of aryl methyl sites for hydroxylation is 1. The zero-order valence-electron chi connectivity index (χ0n) is 15.2. The minimum atomic E-state index is -0.640. The van der Waals surface area contributed by atoms with Crippen LogP contribution in [0.1, 0.15) is 16.2 Å². The minimum absolute atomic E-state index is 0.251. The van der Waals surface area contributed by atoms with Crippen molar-refractivity contribution >= 4 is 23.2 Å². The molecule has 0 saturated heterocycles. The summed E-state index contributed by atoms with van der Waals surface area (Å²) >= 11 is 6.24. The molecule has 1 amide bonds. The summed E-state index contributed by atoms with van der Waals surface area (Å²) in [5.74, 6) is -0.325. The van der Waals surface area contributed by atoms with Gasteiger partial charge in [0.15, 0.2) is 5.69 Å². The summed E-state index contributed by atoms with van der Waals surface area (Å²) in [7, 11) is 0. The number of nitrogens with zero attached hydrogens (tertiary/aromatic N) is 4. The lowest BCUT2D eigenvalue weighted by molar-refractivity contribution is 0.101. The van der Waals surface area contributed by atoms with Gasteiger partial charge in [0.05, 0.1) is 10.7 Å². The molecule has 0 aliphatic heterocycles. The smallest absolute Gasteiger partial charge is 0.280 e. The highest BCUT2D eigenvalue weighted by molar-refractivity contribution is 6.32. The lowest BCUT2D eigenvalue weighted by atomic mass is 10.2. The fourth-order valence-electron chi connectivity index (χ4n) is 2.79. The third-order valence-electron chi connectivity index (χ3n) is 4.13. The number of nitrogens with one attached hydrogen (secondary N) is 1. The number of rotatable bonds is 4. The largest absolute Gasteiger partial charge is 0.423 e. The van der Waals surface area contributed by atoms with Gasteiger partial charge in [0.1, 0.15) is 0 Å². The zero-order valence-corrected chi connectivity index (χ0v) is 15.9. The van der Waals surface area contributed by atoms with E-state index in [0.29, 0.717) is 33.5 Å². The first-order valence-electron chi connectivity index (χ1n) is 8.57. The first-order chi connectivity index (χ1) is 14.0. The SMILES string of the molecule is Cc1cc(=O)c(C(=O)Nc2cccc(-c3nnco3)c2)nn1-c1ccccc1Cl. The van der Waals surface area contributed by atoms with E-state index in [-0.39, 0.29) is 5.69 Å². The highest BCUT2D eigenvalue weighted by Crippen LogP contribution is 2.21. The third kappa shape index (κ3) is 3.78. The van der Waals surface area contributed by atoms with Crippen LogP contribution in [0.2, 0.25) is 5.02 Å². The number of para-hydroxylation sites is 1. The Morgan fingerprint density at radius 2 is 1.97 bits per heavy atom. The Kier molecular flexibility index (Phi) is 4.92. The number of halogens is 1. The van der Waals surface area contributed by atoms with Crippen LogP contribution in [0.5, 0.6) is 0 Å². The van der Waals surface area contributed by atoms with Crippen LogP contribution < -0.4 is 10.7 Å². The molecule has 0 atom stereocenters. The summed E-state index contributed by atoms with van der Waals surface area (Å²) in [6.45, 7) is 1.72. The molecule has 8 nitrogen and oxygen atoms in total. The highest BCUT2D eigenvalue weighted by Gasteiger charge is 2.17. The quantitative estimate of drug-likeness (QED) is 0.555. The number of anilines is 1. The Morgan fingerprint density at radius 3 is 2.72 bits per heavy atom. The first kappa shape index (κ1) is 18.6. The number of benzene rings is 2. The number of amides is 1. The van der Waals surface area contributed by atoms with Crippen LogP contribution in [0.15, 0.2) is 70.2 Å². The normalized spacial score (nSPS) is 10.7. The molecule has 9 heteroatoms. The van der Waals surface area contributed by atoms with Crippen molar-refractivity contribution < 1.29 is 9.21 Å². The van der Waals surface area contributed by atoms with Gasteiger partial charge in [-0.05, 0) is 37.3 Å². The Balaban J connectivity index is 1.68. The monoisotopic (exact) mass is 407 g/mol. The van der Waals surface area contributed by atoms with E-state index in [9.17, 15) is 9.59 Å². The van der Waals surface area contributed by atoms with Crippen molar-refractivity contribution in [2.24, 2.45) is 0 Å². The van der Waals surface area contributed by atoms with E-state index in [0.717, 1.165) is 0 Å². The molecule has 0 radical (unpaired) electrons. The molecule has 2 aromatic heterocycles. The molecule has 0 fully saturated rings. The molecule has 0 bridgehead atoms. The summed E-state index contributed by atoms with van der Waals surface area (Å²) in [6.07, 6.45) is 1.22. The van der Waals surface area contributed by atoms with Crippen molar-refractivity contribution in [1.29, 1.82) is 0 Å². The molecule has 0 unspecified atom stereocenters. The van der Waals surface area contributed by atoms with Crippen molar-refractivity contribution in [3.63, 3.8) is 0 Å². The molecule has 4 aromatic rings. The maximum Gasteiger partial charge on any atom is 0.280 e. The van der Waals surface area contributed by atoms with Gasteiger partial charge in [0.2, 0.25) is 17.7 Å². The van der Waals surface area contributed by atoms with Crippen LogP contribution >= 0.6 is 11.6 Å². The predicted octanol–water partition coefficient (Wildman–Crippen LogP) is 3.50. The molecular weight excluding hydrogens is 394 g/mol. The van der Waals surface area contributed by atoms with Crippen LogP contribution in [0, 0.1) is 6.92 Å². The Labute approximate surface area is 169 Å². The van der Waals surface area contributed by atoms with Crippen LogP contribution in [0.3, 0.4) is 0 Å². The highest BCUT2D eigenvalue weighted by atomic mass is 35.5. The van der Waals surface area contributed by atoms with Crippen LogP contribution in [-0.2, 0) is 0 Å². The van der Waals surface area contributed by atoms with Gasteiger partial charge in [-0.1, -0.05) is 29.8 Å². The topological polar surface area (TPSA) is 103 Å². The van der Waals surface area contributed by atoms with Gasteiger partial charge in [-0.25, -0.2) is 4.68 Å². The number of carbonyl (C=O) groups is 1. The molecule has 29 heavy (non-hydrogen) atoms. The van der Waals surface area contributed by atoms with E-state index in [1.807, 2.05) is 0 Å². The van der Waals surface area contributed by atoms with Gasteiger partial charge < -0.3 is 9.73 Å². The van der Waals surface area contributed by atoms with E-state index in [4.69, 9.17) is 16.0 Å². The third-order valence-corrected chi connectivity index (χ3v) is 4.45. The van der Waals surface area contributed by atoms with Gasteiger partial charge in [-0.3, -0.25) is 9.59 Å². The molecule has 0 aliphatic carbocycles. The van der Waals surface area contributed by atoms with E-state index in [2.05, 4.69) is 20.6 Å². The van der Waals surface area contributed by atoms with Crippen molar-refractivity contribution in [3.05, 3.63) is 87.6 Å². The summed E-state index contributed by atoms with van der Waals surface area (Å²) < 4.78 is 6.63. The molecule has 1 N–H and O–H groups in total. The Morgan fingerprint density at radius 1 is 1.14 bits per heavy atom. The van der Waals surface area contributed by atoms with E-state index < -0.39 is 11.3 Å². The second kappa shape index (κ2) is 7.69. The van der Waals surface area contributed by atoms with Gasteiger partial charge in [-0.15, -0.1) is 10.2 Å². The average Bonchev–Trinajstić information content (AvgIpc) is 3.24. The second-order valence-electron chi connectivity index (χ2n) is 6.14. The number of aromatic nitrogens is 4. The zero-order chi connectivity index (χ0) is 20.4. The summed E-state index contributed by atoms with van der Waals surface area (Å²) in [5, 5.41) is 14.8. The molecule has 2 aromatic carbocycles. The van der Waals surface area contributed by atoms with Crippen molar-refractivity contribution in [2.45, 2.75) is 6.92 Å². The van der Waals surface area contributed by atoms with Crippen molar-refractivity contribution in [3.8, 4) is 17.1 Å². The second-order valence-corrected chi connectivity index (χ2v) is 6.55. The maximum atomic E-state index is 12.7. The number of carbonyl (C=O) groups excluding carboxylic acids is 1. The summed E-state index contributed by atoms with van der Waals surface area (Å²) in [4.78, 5) is 25.1. The van der Waals surface area contributed by atoms with Crippen molar-refractivity contribution in [2.75, 3.05) is 5.32 Å². The lowest BCUT2D eigenvalue weighted by Gasteiger charge is -2.12. The minimum Gasteiger partial charge on any atom is -0.423 e. The molecule has 0 spiro atoms. The van der Waals surface area contributed by atoms with Gasteiger partial charge in [0.25, 0.3) is 5.91 Å². The fourth-order valence-corrected chi connectivity index (χ4v) is 3.01. The van der Waals surface area contributed by atoms with E-state index in [1.165, 1.54) is 17.1 Å². The molecule has 0 aliphatic rings.